The first-order valence-corrected chi connectivity index (χ1v) is 11.0. The molecule has 2 bridgehead atoms. The molecule has 0 aromatic heterocycles. The van der Waals surface area contributed by atoms with E-state index in [2.05, 4.69) is 61.7 Å². The van der Waals surface area contributed by atoms with Crippen LogP contribution < -0.4 is 5.32 Å². The highest BCUT2D eigenvalue weighted by Gasteiger charge is 2.56. The average molecular weight is 363 g/mol. The van der Waals surface area contributed by atoms with Gasteiger partial charge in [0, 0.05) is 62.9 Å². The first kappa shape index (κ1) is 19.2. The lowest BCUT2D eigenvalue weighted by atomic mass is 9.80. The number of piperazine rings is 2. The minimum Gasteiger partial charge on any atom is -0.311 e. The summed E-state index contributed by atoms with van der Waals surface area (Å²) in [6.07, 6.45) is 5.51. The summed E-state index contributed by atoms with van der Waals surface area (Å²) in [5.41, 5.74) is 1.25. The average Bonchev–Trinajstić information content (AvgIpc) is 3.09. The predicted octanol–water partition coefficient (Wildman–Crippen LogP) is 2.64. The molecule has 3 atom stereocenters. The van der Waals surface area contributed by atoms with Crippen molar-refractivity contribution >= 4 is 0 Å². The van der Waals surface area contributed by atoms with E-state index in [0.717, 1.165) is 18.6 Å². The zero-order valence-electron chi connectivity index (χ0n) is 18.1. The normalized spacial score (nSPS) is 35.5. The van der Waals surface area contributed by atoms with Crippen molar-refractivity contribution in [1.29, 1.82) is 0 Å². The fraction of sp³-hybridized carbons (Fsp3) is 1.00. The molecule has 0 aromatic rings. The van der Waals surface area contributed by atoms with Crippen molar-refractivity contribution < 1.29 is 0 Å². The molecule has 3 heterocycles. The highest BCUT2D eigenvalue weighted by Crippen LogP contribution is 2.50. The van der Waals surface area contributed by atoms with Gasteiger partial charge in [0.1, 0.15) is 0 Å². The molecule has 4 fully saturated rings. The molecule has 3 aliphatic heterocycles. The van der Waals surface area contributed by atoms with E-state index in [4.69, 9.17) is 0 Å². The second-order valence-corrected chi connectivity index (χ2v) is 11.9. The van der Waals surface area contributed by atoms with Crippen molar-refractivity contribution in [3.63, 3.8) is 0 Å². The largest absolute Gasteiger partial charge is 0.311 e. The lowest BCUT2D eigenvalue weighted by Gasteiger charge is -2.48. The van der Waals surface area contributed by atoms with Gasteiger partial charge in [-0.1, -0.05) is 34.6 Å². The zero-order valence-corrected chi connectivity index (χ0v) is 18.1. The summed E-state index contributed by atoms with van der Waals surface area (Å²) in [4.78, 5) is 8.22. The molecule has 150 valence electrons. The van der Waals surface area contributed by atoms with Gasteiger partial charge in [0.15, 0.2) is 0 Å². The first-order valence-electron chi connectivity index (χ1n) is 11.0. The molecule has 0 radical (unpaired) electrons. The van der Waals surface area contributed by atoms with E-state index in [9.17, 15) is 0 Å². The molecule has 3 saturated heterocycles. The number of fused-ring (bicyclic) bond motifs is 2. The van der Waals surface area contributed by atoms with Crippen LogP contribution in [0.4, 0.5) is 0 Å². The van der Waals surface area contributed by atoms with Crippen molar-refractivity contribution in [1.82, 2.24) is 20.0 Å². The van der Waals surface area contributed by atoms with Crippen LogP contribution in [0.15, 0.2) is 0 Å². The van der Waals surface area contributed by atoms with Gasteiger partial charge in [0.05, 0.1) is 0 Å². The number of likely N-dealkylation sites (N-methyl/N-ethyl adjacent to an activating group) is 1. The van der Waals surface area contributed by atoms with Crippen LogP contribution in [0, 0.1) is 10.8 Å². The van der Waals surface area contributed by atoms with E-state index in [0.29, 0.717) is 22.4 Å². The number of nitrogens with zero attached hydrogens (tertiary/aromatic N) is 3. The number of hydrogen-bond donors (Lipinski definition) is 1. The van der Waals surface area contributed by atoms with E-state index < -0.39 is 0 Å². The standard InChI is InChI=1S/C22H42N4/c1-20(2,3)15-26-10-9-23-19(22(26)7-8-22)12-21(4,5)16-25-14-17-11-18(25)13-24(17)6/h17-19,23H,7-16H2,1-6H3. The van der Waals surface area contributed by atoms with Gasteiger partial charge >= 0.3 is 0 Å². The van der Waals surface area contributed by atoms with Crippen LogP contribution in [0.3, 0.4) is 0 Å². The quantitative estimate of drug-likeness (QED) is 0.811. The van der Waals surface area contributed by atoms with Crippen LogP contribution in [0.5, 0.6) is 0 Å². The molecule has 1 saturated carbocycles. The molecule has 3 unspecified atom stereocenters. The van der Waals surface area contributed by atoms with Gasteiger partial charge in [0.2, 0.25) is 0 Å². The lowest BCUT2D eigenvalue weighted by molar-refractivity contribution is 0.0367. The Morgan fingerprint density at radius 2 is 1.73 bits per heavy atom. The predicted molar refractivity (Wildman–Crippen MR) is 110 cm³/mol. The first-order chi connectivity index (χ1) is 12.1. The van der Waals surface area contributed by atoms with Crippen LogP contribution in [0.1, 0.15) is 60.3 Å². The maximum atomic E-state index is 3.94. The zero-order chi connectivity index (χ0) is 18.7. The smallest absolute Gasteiger partial charge is 0.0364 e. The number of rotatable bonds is 5. The number of likely N-dealkylation sites (tertiary alicyclic amines) is 2. The Labute approximate surface area is 161 Å². The number of hydrogen-bond acceptors (Lipinski definition) is 4. The molecular formula is C22H42N4. The van der Waals surface area contributed by atoms with Crippen LogP contribution >= 0.6 is 0 Å². The maximum Gasteiger partial charge on any atom is 0.0364 e. The Morgan fingerprint density at radius 1 is 1.00 bits per heavy atom. The minimum absolute atomic E-state index is 0.390. The molecule has 4 rings (SSSR count). The third kappa shape index (κ3) is 3.72. The second kappa shape index (κ2) is 6.43. The molecule has 4 heteroatoms. The van der Waals surface area contributed by atoms with Crippen LogP contribution in [0.25, 0.3) is 0 Å². The molecule has 4 nitrogen and oxygen atoms in total. The Morgan fingerprint density at radius 3 is 2.27 bits per heavy atom. The minimum atomic E-state index is 0.390. The SMILES string of the molecule is CN1CC2CC1CN2CC(C)(C)CC1NCCN(CC(C)(C)C)C12CC2. The molecule has 0 amide bonds. The maximum absolute atomic E-state index is 3.94. The summed E-state index contributed by atoms with van der Waals surface area (Å²) in [7, 11) is 2.31. The van der Waals surface area contributed by atoms with E-state index in [1.807, 2.05) is 0 Å². The second-order valence-electron chi connectivity index (χ2n) is 11.9. The van der Waals surface area contributed by atoms with Crippen LogP contribution in [-0.2, 0) is 0 Å². The summed E-state index contributed by atoms with van der Waals surface area (Å²) in [5, 5.41) is 3.94. The fourth-order valence-electron chi connectivity index (χ4n) is 6.18. The highest BCUT2D eigenvalue weighted by atomic mass is 15.3. The van der Waals surface area contributed by atoms with Gasteiger partial charge in [-0.15, -0.1) is 0 Å². The number of nitrogens with one attached hydrogen (secondary N) is 1. The summed E-state index contributed by atoms with van der Waals surface area (Å²) in [6.45, 7) is 19.7. The van der Waals surface area contributed by atoms with Crippen molar-refractivity contribution in [3.8, 4) is 0 Å². The Balaban J connectivity index is 1.38. The third-order valence-corrected chi connectivity index (χ3v) is 7.49. The van der Waals surface area contributed by atoms with E-state index >= 15 is 0 Å². The molecule has 4 aliphatic rings. The molecule has 0 aromatic carbocycles. The summed E-state index contributed by atoms with van der Waals surface area (Å²) < 4.78 is 0. The van der Waals surface area contributed by atoms with Crippen LogP contribution in [0.2, 0.25) is 0 Å². The summed E-state index contributed by atoms with van der Waals surface area (Å²) in [6, 6.07) is 2.31. The van der Waals surface area contributed by atoms with Crippen molar-refractivity contribution in [2.24, 2.45) is 10.8 Å². The molecule has 1 spiro atoms. The monoisotopic (exact) mass is 362 g/mol. The summed E-state index contributed by atoms with van der Waals surface area (Å²) >= 11 is 0. The van der Waals surface area contributed by atoms with Gasteiger partial charge in [0.25, 0.3) is 0 Å². The lowest BCUT2D eigenvalue weighted by Crippen LogP contribution is -2.62. The third-order valence-electron chi connectivity index (χ3n) is 7.49. The van der Waals surface area contributed by atoms with Crippen molar-refractivity contribution in [3.05, 3.63) is 0 Å². The Bertz CT molecular complexity index is 517. The Kier molecular flexibility index (Phi) is 4.74. The van der Waals surface area contributed by atoms with Crippen LogP contribution in [-0.4, -0.2) is 84.7 Å². The molecule has 26 heavy (non-hydrogen) atoms. The molecule has 1 aliphatic carbocycles. The van der Waals surface area contributed by atoms with E-state index in [1.165, 1.54) is 58.4 Å². The van der Waals surface area contributed by atoms with Gasteiger partial charge < -0.3 is 10.2 Å². The van der Waals surface area contributed by atoms with Gasteiger partial charge in [-0.25, -0.2) is 0 Å². The van der Waals surface area contributed by atoms with Crippen molar-refractivity contribution in [2.75, 3.05) is 46.3 Å². The van der Waals surface area contributed by atoms with Gasteiger partial charge in [-0.05, 0) is 43.6 Å². The summed E-state index contributed by atoms with van der Waals surface area (Å²) in [5.74, 6) is 0. The Hall–Kier alpha value is -0.160. The van der Waals surface area contributed by atoms with Gasteiger partial charge in [-0.3, -0.25) is 9.80 Å². The van der Waals surface area contributed by atoms with Crippen molar-refractivity contribution in [2.45, 2.75) is 84.0 Å². The van der Waals surface area contributed by atoms with Gasteiger partial charge in [-0.2, -0.15) is 0 Å². The van der Waals surface area contributed by atoms with E-state index in [-0.39, 0.29) is 0 Å². The highest BCUT2D eigenvalue weighted by molar-refractivity contribution is 5.15. The topological polar surface area (TPSA) is 21.8 Å². The fourth-order valence-corrected chi connectivity index (χ4v) is 6.18. The molecule has 1 N–H and O–H groups in total. The molecular weight excluding hydrogens is 320 g/mol. The van der Waals surface area contributed by atoms with E-state index in [1.54, 1.807) is 0 Å².